The molecule has 0 aromatic heterocycles. The van der Waals surface area contributed by atoms with E-state index in [1.165, 1.54) is 0 Å². The van der Waals surface area contributed by atoms with Crippen LogP contribution in [0.2, 0.25) is 0 Å². The smallest absolute Gasteiger partial charge is 0.240 e. The molecule has 106 valence electrons. The van der Waals surface area contributed by atoms with Gasteiger partial charge in [0.2, 0.25) is 5.54 Å². The van der Waals surface area contributed by atoms with E-state index in [9.17, 15) is 10.1 Å². The van der Waals surface area contributed by atoms with Gasteiger partial charge in [0, 0.05) is 11.3 Å². The predicted octanol–water partition coefficient (Wildman–Crippen LogP) is 3.92. The first kappa shape index (κ1) is 12.6. The number of nitro groups is 1. The molecule has 2 fully saturated rings. The van der Waals surface area contributed by atoms with E-state index in [1.807, 2.05) is 48.5 Å². The van der Waals surface area contributed by atoms with Crippen molar-refractivity contribution in [3.63, 3.8) is 0 Å². The Labute approximate surface area is 123 Å². The van der Waals surface area contributed by atoms with Gasteiger partial charge >= 0.3 is 0 Å². The highest BCUT2D eigenvalue weighted by atomic mass is 16.6. The van der Waals surface area contributed by atoms with Crippen LogP contribution in [0.3, 0.4) is 0 Å². The fraction of sp³-hybridized carbons (Fsp3) is 0.333. The Morgan fingerprint density at radius 1 is 0.952 bits per heavy atom. The number of hydrogen-bond donors (Lipinski definition) is 0. The third kappa shape index (κ3) is 1.39. The van der Waals surface area contributed by atoms with Gasteiger partial charge in [-0.05, 0) is 24.0 Å². The van der Waals surface area contributed by atoms with E-state index in [2.05, 4.69) is 12.1 Å². The molecule has 2 saturated carbocycles. The Hall–Kier alpha value is -2.16. The molecule has 0 N–H and O–H groups in total. The highest BCUT2D eigenvalue weighted by Gasteiger charge is 2.88. The quantitative estimate of drug-likeness (QED) is 0.631. The summed E-state index contributed by atoms with van der Waals surface area (Å²) in [6, 6.07) is 20.1. The van der Waals surface area contributed by atoms with E-state index in [1.54, 1.807) is 0 Å². The molecule has 4 rings (SSSR count). The zero-order chi connectivity index (χ0) is 14.5. The van der Waals surface area contributed by atoms with Crippen LogP contribution >= 0.6 is 0 Å². The van der Waals surface area contributed by atoms with Gasteiger partial charge in [-0.1, -0.05) is 60.7 Å². The van der Waals surface area contributed by atoms with Crippen molar-refractivity contribution in [1.82, 2.24) is 0 Å². The third-order valence-corrected chi connectivity index (χ3v) is 5.54. The molecule has 0 radical (unpaired) electrons. The summed E-state index contributed by atoms with van der Waals surface area (Å²) in [4.78, 5) is 11.9. The van der Waals surface area contributed by atoms with Gasteiger partial charge in [-0.15, -0.1) is 0 Å². The Morgan fingerprint density at radius 2 is 1.57 bits per heavy atom. The number of benzene rings is 2. The lowest BCUT2D eigenvalue weighted by Crippen LogP contribution is -2.27. The molecule has 2 aromatic carbocycles. The summed E-state index contributed by atoms with van der Waals surface area (Å²) in [5, 5.41) is 11.9. The largest absolute Gasteiger partial charge is 0.264 e. The van der Waals surface area contributed by atoms with Gasteiger partial charge in [-0.2, -0.15) is 0 Å². The average molecular weight is 279 g/mol. The number of rotatable bonds is 3. The average Bonchev–Trinajstić information content (AvgIpc) is 2.94. The fourth-order valence-corrected chi connectivity index (χ4v) is 4.81. The molecular formula is C18H17NO2. The number of hydrogen-bond acceptors (Lipinski definition) is 2. The van der Waals surface area contributed by atoms with E-state index < -0.39 is 5.54 Å². The molecule has 21 heavy (non-hydrogen) atoms. The molecule has 0 spiro atoms. The molecule has 0 amide bonds. The Balaban J connectivity index is 1.90. The second-order valence-corrected chi connectivity index (χ2v) is 6.22. The summed E-state index contributed by atoms with van der Waals surface area (Å²) >= 11 is 0. The maximum absolute atomic E-state index is 11.9. The van der Waals surface area contributed by atoms with Crippen LogP contribution in [0.5, 0.6) is 0 Å². The van der Waals surface area contributed by atoms with Gasteiger partial charge in [0.1, 0.15) is 0 Å². The van der Waals surface area contributed by atoms with Crippen molar-refractivity contribution >= 4 is 0 Å². The van der Waals surface area contributed by atoms with Gasteiger partial charge in [0.25, 0.3) is 0 Å². The van der Waals surface area contributed by atoms with Gasteiger partial charge in [-0.3, -0.25) is 10.1 Å². The highest BCUT2D eigenvalue weighted by Crippen LogP contribution is 2.77. The lowest BCUT2D eigenvalue weighted by molar-refractivity contribution is -0.543. The fourth-order valence-electron chi connectivity index (χ4n) is 4.81. The Kier molecular flexibility index (Phi) is 2.49. The summed E-state index contributed by atoms with van der Waals surface area (Å²) in [7, 11) is 0. The maximum Gasteiger partial charge on any atom is 0.240 e. The molecular weight excluding hydrogens is 262 g/mol. The molecule has 3 atom stereocenters. The van der Waals surface area contributed by atoms with Gasteiger partial charge in [-0.25, -0.2) is 0 Å². The second-order valence-electron chi connectivity index (χ2n) is 6.22. The van der Waals surface area contributed by atoms with Crippen molar-refractivity contribution in [3.8, 4) is 0 Å². The van der Waals surface area contributed by atoms with Gasteiger partial charge < -0.3 is 0 Å². The zero-order valence-electron chi connectivity index (χ0n) is 11.7. The van der Waals surface area contributed by atoms with Crippen LogP contribution in [-0.4, -0.2) is 10.5 Å². The minimum absolute atomic E-state index is 0.00463. The molecule has 2 aliphatic carbocycles. The van der Waals surface area contributed by atoms with E-state index in [-0.39, 0.29) is 16.3 Å². The van der Waals surface area contributed by atoms with Crippen molar-refractivity contribution in [2.75, 3.05) is 0 Å². The first-order valence-corrected chi connectivity index (χ1v) is 7.48. The van der Waals surface area contributed by atoms with Crippen LogP contribution in [-0.2, 0) is 5.41 Å². The monoisotopic (exact) mass is 279 g/mol. The molecule has 3 nitrogen and oxygen atoms in total. The first-order chi connectivity index (χ1) is 10.2. The molecule has 0 saturated heterocycles. The van der Waals surface area contributed by atoms with Crippen LogP contribution in [0.4, 0.5) is 0 Å². The number of fused-ring (bicyclic) bond motifs is 1. The van der Waals surface area contributed by atoms with Crippen molar-refractivity contribution in [1.29, 1.82) is 0 Å². The minimum atomic E-state index is -0.796. The number of nitrogens with zero attached hydrogens (tertiary/aromatic N) is 1. The molecule has 3 heteroatoms. The van der Waals surface area contributed by atoms with Crippen molar-refractivity contribution in [2.45, 2.75) is 36.1 Å². The van der Waals surface area contributed by atoms with Crippen molar-refractivity contribution < 1.29 is 4.92 Å². The second kappa shape index (κ2) is 4.17. The van der Waals surface area contributed by atoms with Gasteiger partial charge in [0.15, 0.2) is 0 Å². The molecule has 2 aliphatic rings. The first-order valence-electron chi connectivity index (χ1n) is 7.48. The third-order valence-electron chi connectivity index (χ3n) is 5.54. The summed E-state index contributed by atoms with van der Waals surface area (Å²) in [5.41, 5.74) is 1.14. The SMILES string of the molecule is O=[N+]([O-])[C@@]12CCC[C@]1(c1ccccc1)[C@H]2c1ccccc1. The summed E-state index contributed by atoms with van der Waals surface area (Å²) < 4.78 is 0. The lowest BCUT2D eigenvalue weighted by atomic mass is 9.88. The van der Waals surface area contributed by atoms with E-state index in [0.717, 1.165) is 24.0 Å². The minimum Gasteiger partial charge on any atom is -0.264 e. The predicted molar refractivity (Wildman–Crippen MR) is 80.9 cm³/mol. The van der Waals surface area contributed by atoms with Crippen LogP contribution in [0.1, 0.15) is 36.3 Å². The maximum atomic E-state index is 11.9. The van der Waals surface area contributed by atoms with E-state index in [0.29, 0.717) is 6.42 Å². The molecule has 0 heterocycles. The highest BCUT2D eigenvalue weighted by molar-refractivity contribution is 5.54. The van der Waals surface area contributed by atoms with Crippen LogP contribution in [0, 0.1) is 10.1 Å². The molecule has 2 aromatic rings. The molecule has 0 bridgehead atoms. The van der Waals surface area contributed by atoms with Crippen molar-refractivity contribution in [2.24, 2.45) is 0 Å². The molecule has 0 unspecified atom stereocenters. The lowest BCUT2D eigenvalue weighted by Gasteiger charge is -2.13. The van der Waals surface area contributed by atoms with Crippen molar-refractivity contribution in [3.05, 3.63) is 81.9 Å². The Morgan fingerprint density at radius 3 is 2.19 bits per heavy atom. The van der Waals surface area contributed by atoms with Gasteiger partial charge in [0.05, 0.1) is 11.3 Å². The summed E-state index contributed by atoms with van der Waals surface area (Å²) in [6.07, 6.45) is 2.55. The summed E-state index contributed by atoms with van der Waals surface area (Å²) in [5.74, 6) is 0.0114. The standard InChI is InChI=1S/C18H17NO2/c20-19(21)18-13-7-12-17(18,15-10-5-2-6-11-15)16(18)14-8-3-1-4-9-14/h1-6,8-11,16H,7,12-13H2/t16-,17+,18-/m1/s1. The Bertz CT molecular complexity index is 685. The summed E-state index contributed by atoms with van der Waals surface area (Å²) in [6.45, 7) is 0. The van der Waals surface area contributed by atoms with E-state index in [4.69, 9.17) is 0 Å². The van der Waals surface area contributed by atoms with Crippen LogP contribution < -0.4 is 0 Å². The van der Waals surface area contributed by atoms with Crippen LogP contribution in [0.25, 0.3) is 0 Å². The zero-order valence-corrected chi connectivity index (χ0v) is 11.7. The molecule has 0 aliphatic heterocycles. The normalized spacial score (nSPS) is 33.4. The topological polar surface area (TPSA) is 43.1 Å². The van der Waals surface area contributed by atoms with E-state index >= 15 is 0 Å². The van der Waals surface area contributed by atoms with Crippen LogP contribution in [0.15, 0.2) is 60.7 Å².